The van der Waals surface area contributed by atoms with Gasteiger partial charge in [-0.1, -0.05) is 25.3 Å². The summed E-state index contributed by atoms with van der Waals surface area (Å²) >= 11 is 1.70. The van der Waals surface area contributed by atoms with Gasteiger partial charge < -0.3 is 5.32 Å². The fourth-order valence-corrected chi connectivity index (χ4v) is 2.97. The average molecular weight is 237 g/mol. The predicted molar refractivity (Wildman–Crippen MR) is 67.4 cm³/mol. The lowest BCUT2D eigenvalue weighted by Gasteiger charge is -2.20. The van der Waals surface area contributed by atoms with E-state index in [9.17, 15) is 4.79 Å². The number of carbonyl (C=O) groups is 1. The van der Waals surface area contributed by atoms with Crippen LogP contribution in [0.4, 0.5) is 0 Å². The molecule has 1 N–H and O–H groups in total. The van der Waals surface area contributed by atoms with E-state index in [1.54, 1.807) is 11.3 Å². The van der Waals surface area contributed by atoms with E-state index in [0.29, 0.717) is 12.5 Å². The molecule has 0 radical (unpaired) electrons. The van der Waals surface area contributed by atoms with Crippen molar-refractivity contribution in [1.82, 2.24) is 5.32 Å². The second-order valence-corrected chi connectivity index (χ2v) is 5.60. The van der Waals surface area contributed by atoms with E-state index in [1.165, 1.54) is 37.0 Å². The first-order valence-electron chi connectivity index (χ1n) is 6.13. The zero-order valence-electron chi connectivity index (χ0n) is 9.58. The highest BCUT2D eigenvalue weighted by atomic mass is 32.1. The fraction of sp³-hybridized carbons (Fsp3) is 0.615. The highest BCUT2D eigenvalue weighted by Gasteiger charge is 2.16. The zero-order valence-corrected chi connectivity index (χ0v) is 10.4. The van der Waals surface area contributed by atoms with Crippen molar-refractivity contribution in [1.29, 1.82) is 0 Å². The lowest BCUT2D eigenvalue weighted by molar-refractivity contribution is -0.122. The molecule has 0 spiro atoms. The third-order valence-electron chi connectivity index (χ3n) is 3.24. The van der Waals surface area contributed by atoms with Gasteiger partial charge in [-0.25, -0.2) is 0 Å². The van der Waals surface area contributed by atoms with E-state index in [0.717, 1.165) is 6.42 Å². The van der Waals surface area contributed by atoms with Gasteiger partial charge in [0, 0.05) is 11.3 Å². The molecule has 0 atom stereocenters. The monoisotopic (exact) mass is 237 g/mol. The molecule has 1 saturated carbocycles. The summed E-state index contributed by atoms with van der Waals surface area (Å²) in [6, 6.07) is 4.08. The second-order valence-electron chi connectivity index (χ2n) is 4.56. The van der Waals surface area contributed by atoms with E-state index in [-0.39, 0.29) is 5.91 Å². The van der Waals surface area contributed by atoms with E-state index in [4.69, 9.17) is 0 Å². The van der Waals surface area contributed by atoms with Crippen LogP contribution >= 0.6 is 11.3 Å². The van der Waals surface area contributed by atoms with Crippen molar-refractivity contribution in [2.75, 3.05) is 0 Å². The highest BCUT2D eigenvalue weighted by molar-refractivity contribution is 7.09. The summed E-state index contributed by atoms with van der Waals surface area (Å²) in [5, 5.41) is 5.05. The van der Waals surface area contributed by atoms with E-state index in [1.807, 2.05) is 11.4 Å². The SMILES string of the molecule is O=C(CC1CCCCC1)NCc1cccs1. The largest absolute Gasteiger partial charge is 0.351 e. The molecule has 0 unspecified atom stereocenters. The molecule has 1 aliphatic rings. The Morgan fingerprint density at radius 2 is 2.19 bits per heavy atom. The Kier molecular flexibility index (Phi) is 4.40. The van der Waals surface area contributed by atoms with Gasteiger partial charge in [-0.3, -0.25) is 4.79 Å². The molecule has 3 heteroatoms. The number of carbonyl (C=O) groups excluding carboxylic acids is 1. The van der Waals surface area contributed by atoms with E-state index >= 15 is 0 Å². The summed E-state index contributed by atoms with van der Waals surface area (Å²) in [6.07, 6.45) is 7.18. The van der Waals surface area contributed by atoms with Crippen molar-refractivity contribution in [3.63, 3.8) is 0 Å². The third kappa shape index (κ3) is 3.63. The van der Waals surface area contributed by atoms with Crippen LogP contribution in [0.1, 0.15) is 43.4 Å². The normalized spacial score (nSPS) is 17.2. The van der Waals surface area contributed by atoms with Gasteiger partial charge in [0.25, 0.3) is 0 Å². The van der Waals surface area contributed by atoms with Crippen molar-refractivity contribution in [2.45, 2.75) is 45.1 Å². The number of rotatable bonds is 4. The highest BCUT2D eigenvalue weighted by Crippen LogP contribution is 2.26. The molecule has 1 heterocycles. The molecule has 0 saturated heterocycles. The number of amides is 1. The quantitative estimate of drug-likeness (QED) is 0.855. The van der Waals surface area contributed by atoms with Crippen LogP contribution in [0.3, 0.4) is 0 Å². The molecule has 0 aliphatic heterocycles. The summed E-state index contributed by atoms with van der Waals surface area (Å²) in [5.41, 5.74) is 0. The van der Waals surface area contributed by atoms with Crippen LogP contribution in [0.2, 0.25) is 0 Å². The second kappa shape index (κ2) is 6.04. The Balaban J connectivity index is 1.67. The molecule has 1 aliphatic carbocycles. The molecular weight excluding hydrogens is 218 g/mol. The van der Waals surface area contributed by atoms with Gasteiger partial charge in [-0.15, -0.1) is 11.3 Å². The molecule has 2 rings (SSSR count). The smallest absolute Gasteiger partial charge is 0.220 e. The lowest BCUT2D eigenvalue weighted by atomic mass is 9.87. The van der Waals surface area contributed by atoms with Crippen LogP contribution in [-0.2, 0) is 11.3 Å². The van der Waals surface area contributed by atoms with Gasteiger partial charge in [0.1, 0.15) is 0 Å². The summed E-state index contributed by atoms with van der Waals surface area (Å²) < 4.78 is 0. The van der Waals surface area contributed by atoms with Gasteiger partial charge >= 0.3 is 0 Å². The maximum Gasteiger partial charge on any atom is 0.220 e. The Hall–Kier alpha value is -0.830. The molecule has 1 aromatic rings. The molecule has 16 heavy (non-hydrogen) atoms. The number of hydrogen-bond acceptors (Lipinski definition) is 2. The zero-order chi connectivity index (χ0) is 11.2. The summed E-state index contributed by atoms with van der Waals surface area (Å²) in [6.45, 7) is 0.698. The molecule has 88 valence electrons. The average Bonchev–Trinajstić information content (AvgIpc) is 2.81. The maximum atomic E-state index is 11.7. The molecule has 0 aromatic carbocycles. The summed E-state index contributed by atoms with van der Waals surface area (Å²) in [5.74, 6) is 0.859. The van der Waals surface area contributed by atoms with Gasteiger partial charge in [-0.05, 0) is 30.2 Å². The molecule has 0 bridgehead atoms. The van der Waals surface area contributed by atoms with Gasteiger partial charge in [0.2, 0.25) is 5.91 Å². The molecule has 2 nitrogen and oxygen atoms in total. The number of thiophene rings is 1. The Morgan fingerprint density at radius 3 is 2.88 bits per heavy atom. The molecule has 1 fully saturated rings. The van der Waals surface area contributed by atoms with Crippen molar-refractivity contribution in [3.8, 4) is 0 Å². The third-order valence-corrected chi connectivity index (χ3v) is 4.12. The lowest BCUT2D eigenvalue weighted by Crippen LogP contribution is -2.25. The Morgan fingerprint density at radius 1 is 1.38 bits per heavy atom. The van der Waals surface area contributed by atoms with Crippen LogP contribution in [0.15, 0.2) is 17.5 Å². The van der Waals surface area contributed by atoms with Crippen LogP contribution in [0, 0.1) is 5.92 Å². The minimum Gasteiger partial charge on any atom is -0.351 e. The minimum absolute atomic E-state index is 0.223. The number of nitrogens with one attached hydrogen (secondary N) is 1. The van der Waals surface area contributed by atoms with Crippen molar-refractivity contribution in [2.24, 2.45) is 5.92 Å². The topological polar surface area (TPSA) is 29.1 Å². The maximum absolute atomic E-state index is 11.7. The predicted octanol–water partition coefficient (Wildman–Crippen LogP) is 3.33. The van der Waals surface area contributed by atoms with Gasteiger partial charge in [0.05, 0.1) is 6.54 Å². The Labute approximate surface area is 101 Å². The van der Waals surface area contributed by atoms with Crippen LogP contribution in [0.25, 0.3) is 0 Å². The van der Waals surface area contributed by atoms with Crippen LogP contribution in [-0.4, -0.2) is 5.91 Å². The van der Waals surface area contributed by atoms with Crippen molar-refractivity contribution >= 4 is 17.2 Å². The summed E-state index contributed by atoms with van der Waals surface area (Å²) in [7, 11) is 0. The van der Waals surface area contributed by atoms with E-state index < -0.39 is 0 Å². The first-order chi connectivity index (χ1) is 7.84. The molecule has 1 amide bonds. The first kappa shape index (κ1) is 11.6. The number of hydrogen-bond donors (Lipinski definition) is 1. The van der Waals surface area contributed by atoms with Crippen LogP contribution in [0.5, 0.6) is 0 Å². The standard InChI is InChI=1S/C13H19NOS/c15-13(9-11-5-2-1-3-6-11)14-10-12-7-4-8-16-12/h4,7-8,11H,1-3,5-6,9-10H2,(H,14,15). The van der Waals surface area contributed by atoms with Crippen molar-refractivity contribution in [3.05, 3.63) is 22.4 Å². The van der Waals surface area contributed by atoms with E-state index in [2.05, 4.69) is 11.4 Å². The minimum atomic E-state index is 0.223. The first-order valence-corrected chi connectivity index (χ1v) is 7.01. The molecule has 1 aromatic heterocycles. The summed E-state index contributed by atoms with van der Waals surface area (Å²) in [4.78, 5) is 12.9. The Bertz CT molecular complexity index is 315. The fourth-order valence-electron chi connectivity index (χ4n) is 2.32. The molecular formula is C13H19NOS. The van der Waals surface area contributed by atoms with Gasteiger partial charge in [-0.2, -0.15) is 0 Å². The van der Waals surface area contributed by atoms with Crippen molar-refractivity contribution < 1.29 is 4.79 Å². The van der Waals surface area contributed by atoms with Crippen LogP contribution < -0.4 is 5.32 Å². The van der Waals surface area contributed by atoms with Gasteiger partial charge in [0.15, 0.2) is 0 Å².